The highest BCUT2D eigenvalue weighted by atomic mass is 16.6. The maximum Gasteiger partial charge on any atom is 0.342 e. The molecular formula is C74H118O14. The summed E-state index contributed by atoms with van der Waals surface area (Å²) in [4.78, 5) is 76.7. The summed E-state index contributed by atoms with van der Waals surface area (Å²) in [5, 5.41) is 0. The van der Waals surface area contributed by atoms with E-state index in [4.69, 9.17) is 37.9 Å². The summed E-state index contributed by atoms with van der Waals surface area (Å²) in [6.45, 7) is 12.3. The molecule has 498 valence electrons. The molecule has 0 amide bonds. The van der Waals surface area contributed by atoms with E-state index in [9.17, 15) is 28.8 Å². The second kappa shape index (κ2) is 48.5. The second-order valence-corrected chi connectivity index (χ2v) is 25.1. The molecule has 88 heavy (non-hydrogen) atoms. The highest BCUT2D eigenvalue weighted by Gasteiger charge is 2.33. The Bertz CT molecular complexity index is 2260. The van der Waals surface area contributed by atoms with E-state index < -0.39 is 12.1 Å². The number of rotatable bonds is 54. The first-order chi connectivity index (χ1) is 42.7. The van der Waals surface area contributed by atoms with Crippen molar-refractivity contribution in [3.05, 3.63) is 63.7 Å². The third-order valence-electron chi connectivity index (χ3n) is 17.1. The van der Waals surface area contributed by atoms with Crippen molar-refractivity contribution in [1.29, 1.82) is 0 Å². The van der Waals surface area contributed by atoms with Crippen LogP contribution in [0.4, 0.5) is 0 Å². The van der Waals surface area contributed by atoms with Gasteiger partial charge in [-0.2, -0.15) is 0 Å². The van der Waals surface area contributed by atoms with Gasteiger partial charge in [-0.25, -0.2) is 4.79 Å². The molecule has 0 aromatic heterocycles. The predicted octanol–water partition coefficient (Wildman–Crippen LogP) is 19.0. The third-order valence-corrected chi connectivity index (χ3v) is 17.1. The first kappa shape index (κ1) is 76.8. The number of cyclic esters (lactones) is 1. The van der Waals surface area contributed by atoms with Crippen LogP contribution in [0.3, 0.4) is 0 Å². The van der Waals surface area contributed by atoms with Gasteiger partial charge in [-0.1, -0.05) is 244 Å². The van der Waals surface area contributed by atoms with Crippen LogP contribution in [0.5, 0.6) is 17.2 Å². The number of fused-ring (bicyclic) bond motifs is 1. The van der Waals surface area contributed by atoms with E-state index in [2.05, 4.69) is 13.8 Å². The fourth-order valence-corrected chi connectivity index (χ4v) is 11.4. The van der Waals surface area contributed by atoms with Gasteiger partial charge in [0.05, 0.1) is 20.1 Å². The predicted molar refractivity (Wildman–Crippen MR) is 350 cm³/mol. The number of ether oxygens (including phenoxy) is 8. The fraction of sp³-hybridized carbons (Fsp3) is 0.730. The standard InChI is InChI=1S/C74H118O14/c1-9-11-13-15-17-19-21-23-25-27-29-34-38-42-67(76)83-54-63(55-84-68(77)43-39-35-30-28-26-24-22-20-18-16-14-12-10-2)87-69(78)52-58(4)40-36-32-31-33-37-41-59(5)73(79)88-62-48-46-61(47-49-62)53-85-72-64(50-44-57(3)45-51-66(75)81-7)71(82-8)60(6)65-56-86-74(80)70(65)72/h44,46-49,58-59,63H,9-43,45,50-56H2,1-8H3. The van der Waals surface area contributed by atoms with Crippen LogP contribution in [-0.4, -0.2) is 69.4 Å². The minimum atomic E-state index is -0.856. The van der Waals surface area contributed by atoms with E-state index in [1.54, 1.807) is 19.2 Å². The van der Waals surface area contributed by atoms with Gasteiger partial charge in [-0.3, -0.25) is 24.0 Å². The molecule has 2 aromatic carbocycles. The Morgan fingerprint density at radius 2 is 1.05 bits per heavy atom. The van der Waals surface area contributed by atoms with Gasteiger partial charge in [0, 0.05) is 36.8 Å². The zero-order chi connectivity index (χ0) is 64.0. The third kappa shape index (κ3) is 34.0. The molecule has 0 fully saturated rings. The normalized spacial score (nSPS) is 12.8. The lowest BCUT2D eigenvalue weighted by atomic mass is 9.94. The Balaban J connectivity index is 1.37. The van der Waals surface area contributed by atoms with Crippen molar-refractivity contribution in [2.45, 2.75) is 311 Å². The number of esters is 6. The van der Waals surface area contributed by atoms with Crippen LogP contribution in [0.1, 0.15) is 311 Å². The molecule has 2 unspecified atom stereocenters. The number of unbranched alkanes of at least 4 members (excludes halogenated alkanes) is 28. The summed E-state index contributed by atoms with van der Waals surface area (Å²) >= 11 is 0. The molecule has 0 spiro atoms. The van der Waals surface area contributed by atoms with E-state index in [0.717, 1.165) is 99.3 Å². The van der Waals surface area contributed by atoms with Crippen molar-refractivity contribution in [1.82, 2.24) is 0 Å². The van der Waals surface area contributed by atoms with Crippen molar-refractivity contribution in [3.63, 3.8) is 0 Å². The van der Waals surface area contributed by atoms with Crippen LogP contribution in [0.15, 0.2) is 35.9 Å². The average molecular weight is 1230 g/mol. The molecule has 2 atom stereocenters. The number of hydrogen-bond acceptors (Lipinski definition) is 14. The van der Waals surface area contributed by atoms with Gasteiger partial charge in [0.1, 0.15) is 49.2 Å². The van der Waals surface area contributed by atoms with Crippen LogP contribution in [-0.2, 0) is 67.3 Å². The summed E-state index contributed by atoms with van der Waals surface area (Å²) in [6, 6.07) is 7.14. The quantitative estimate of drug-likeness (QED) is 0.0201. The number of carbonyl (C=O) groups is 6. The Hall–Kier alpha value is -5.40. The summed E-state index contributed by atoms with van der Waals surface area (Å²) in [7, 11) is 2.96. The largest absolute Gasteiger partial charge is 0.496 e. The molecule has 0 saturated heterocycles. The molecule has 1 heterocycles. The molecule has 0 bridgehead atoms. The smallest absolute Gasteiger partial charge is 0.342 e. The van der Waals surface area contributed by atoms with Crippen LogP contribution in [0, 0.1) is 18.8 Å². The monoisotopic (exact) mass is 1230 g/mol. The molecule has 0 N–H and O–H groups in total. The molecule has 1 aliphatic rings. The van der Waals surface area contributed by atoms with Crippen LogP contribution in [0.25, 0.3) is 0 Å². The lowest BCUT2D eigenvalue weighted by molar-refractivity contribution is -0.167. The first-order valence-corrected chi connectivity index (χ1v) is 34.8. The SMILES string of the molecule is CCCCCCCCCCCCCCCC(=O)OCC(COC(=O)CCCCCCCCCCCCCCC)OC(=O)CC(C)CCCCCCCC(C)C(=O)Oc1ccc(COc2c(CC=C(C)CCC(=O)OC)c(OC)c(C)c3c2C(=O)OC3)cc1. The summed E-state index contributed by atoms with van der Waals surface area (Å²) in [6.07, 6.45) is 41.4. The number of methoxy groups -OCH3 is 2. The minimum absolute atomic E-state index is 0.0847. The molecule has 3 rings (SSSR count). The number of hydrogen-bond donors (Lipinski definition) is 0. The lowest BCUT2D eigenvalue weighted by Gasteiger charge is -2.20. The molecule has 0 radical (unpaired) electrons. The zero-order valence-electron chi connectivity index (χ0n) is 56.2. The Morgan fingerprint density at radius 1 is 0.568 bits per heavy atom. The van der Waals surface area contributed by atoms with Gasteiger partial charge >= 0.3 is 35.8 Å². The molecule has 0 saturated carbocycles. The Labute approximate surface area is 531 Å². The highest BCUT2D eigenvalue weighted by molar-refractivity contribution is 5.98. The topological polar surface area (TPSA) is 176 Å². The van der Waals surface area contributed by atoms with E-state index in [1.165, 1.54) is 136 Å². The molecule has 14 nitrogen and oxygen atoms in total. The van der Waals surface area contributed by atoms with Gasteiger partial charge in [-0.15, -0.1) is 0 Å². The first-order valence-electron chi connectivity index (χ1n) is 34.8. The highest BCUT2D eigenvalue weighted by Crippen LogP contribution is 2.43. The van der Waals surface area contributed by atoms with Crippen LogP contribution >= 0.6 is 0 Å². The van der Waals surface area contributed by atoms with Crippen LogP contribution < -0.4 is 14.2 Å². The molecule has 0 aliphatic carbocycles. The van der Waals surface area contributed by atoms with Crippen LogP contribution in [0.2, 0.25) is 0 Å². The summed E-state index contributed by atoms with van der Waals surface area (Å²) < 4.78 is 45.3. The van der Waals surface area contributed by atoms with Gasteiger partial charge < -0.3 is 37.9 Å². The minimum Gasteiger partial charge on any atom is -0.496 e. The summed E-state index contributed by atoms with van der Waals surface area (Å²) in [5.41, 5.74) is 4.45. The van der Waals surface area contributed by atoms with Crippen molar-refractivity contribution < 1.29 is 66.7 Å². The van der Waals surface area contributed by atoms with Crippen molar-refractivity contribution in [2.24, 2.45) is 11.8 Å². The second-order valence-electron chi connectivity index (χ2n) is 25.1. The van der Waals surface area contributed by atoms with E-state index in [1.807, 2.05) is 45.9 Å². The van der Waals surface area contributed by atoms with Gasteiger partial charge in [0.25, 0.3) is 0 Å². The molecule has 2 aromatic rings. The molecular weight excluding hydrogens is 1110 g/mol. The molecule has 14 heteroatoms. The zero-order valence-corrected chi connectivity index (χ0v) is 56.2. The Morgan fingerprint density at radius 3 is 1.53 bits per heavy atom. The van der Waals surface area contributed by atoms with E-state index in [-0.39, 0.29) is 81.0 Å². The number of allylic oxidation sites excluding steroid dienone is 2. The molecule has 1 aliphatic heterocycles. The van der Waals surface area contributed by atoms with Crippen molar-refractivity contribution >= 4 is 35.8 Å². The van der Waals surface area contributed by atoms with E-state index >= 15 is 0 Å². The average Bonchev–Trinajstić information content (AvgIpc) is 1.94. The van der Waals surface area contributed by atoms with E-state index in [0.29, 0.717) is 60.5 Å². The van der Waals surface area contributed by atoms with Crippen molar-refractivity contribution in [2.75, 3.05) is 27.4 Å². The number of benzene rings is 2. The Kier molecular flexibility index (Phi) is 42.3. The summed E-state index contributed by atoms with van der Waals surface area (Å²) in [5.74, 6) is -0.805. The van der Waals surface area contributed by atoms with Gasteiger partial charge in [0.2, 0.25) is 0 Å². The fourth-order valence-electron chi connectivity index (χ4n) is 11.4. The maximum absolute atomic E-state index is 13.2. The van der Waals surface area contributed by atoms with Gasteiger partial charge in [0.15, 0.2) is 6.10 Å². The number of carbonyl (C=O) groups excluding carboxylic acids is 6. The van der Waals surface area contributed by atoms with Gasteiger partial charge in [-0.05, 0) is 75.1 Å². The maximum atomic E-state index is 13.2. The lowest BCUT2D eigenvalue weighted by Crippen LogP contribution is -2.31. The van der Waals surface area contributed by atoms with Crippen molar-refractivity contribution in [3.8, 4) is 17.2 Å².